The van der Waals surface area contributed by atoms with Crippen LogP contribution in [0.5, 0.6) is 0 Å². The Kier molecular flexibility index (Phi) is 4.60. The van der Waals surface area contributed by atoms with Crippen molar-refractivity contribution in [1.82, 2.24) is 14.5 Å². The Labute approximate surface area is 158 Å². The minimum atomic E-state index is -0.156. The monoisotopic (exact) mass is 363 g/mol. The molecule has 0 spiro atoms. The Morgan fingerprint density at radius 2 is 1.78 bits per heavy atom. The molecule has 5 nitrogen and oxygen atoms in total. The first kappa shape index (κ1) is 17.6. The van der Waals surface area contributed by atoms with E-state index in [1.807, 2.05) is 55.1 Å². The van der Waals surface area contributed by atoms with Crippen molar-refractivity contribution >= 4 is 16.8 Å². The van der Waals surface area contributed by atoms with Gasteiger partial charge in [-0.05, 0) is 37.5 Å². The highest BCUT2D eigenvalue weighted by Crippen LogP contribution is 2.23. The average Bonchev–Trinajstić information content (AvgIpc) is 3.04. The van der Waals surface area contributed by atoms with Gasteiger partial charge >= 0.3 is 0 Å². The number of aryl methyl sites for hydroxylation is 2. The van der Waals surface area contributed by atoms with E-state index in [0.29, 0.717) is 10.9 Å². The second-order valence-corrected chi connectivity index (χ2v) is 7.51. The molecule has 0 atom stereocenters. The molecule has 140 valence electrons. The molecule has 0 saturated heterocycles. The summed E-state index contributed by atoms with van der Waals surface area (Å²) in [6.07, 6.45) is 9.21. The average molecular weight is 363 g/mol. The zero-order valence-electron chi connectivity index (χ0n) is 15.9. The molecule has 1 aliphatic carbocycles. The molecule has 2 aromatic heterocycles. The van der Waals surface area contributed by atoms with Crippen molar-refractivity contribution in [2.75, 3.05) is 0 Å². The highest BCUT2D eigenvalue weighted by molar-refractivity contribution is 6.07. The summed E-state index contributed by atoms with van der Waals surface area (Å²) in [6, 6.07) is 9.74. The summed E-state index contributed by atoms with van der Waals surface area (Å²) in [5.74, 6) is -0.144. The minimum absolute atomic E-state index is 0.144. The minimum Gasteiger partial charge on any atom is -0.349 e. The SMILES string of the molecule is Cc1cn(-c2ccccc2)c(=O)c2c(C(=O)NC3CCCCC3)cn(C)c12. The number of carbonyl (C=O) groups is 1. The van der Waals surface area contributed by atoms with Gasteiger partial charge in [0.15, 0.2) is 0 Å². The van der Waals surface area contributed by atoms with E-state index in [-0.39, 0.29) is 17.5 Å². The lowest BCUT2D eigenvalue weighted by molar-refractivity contribution is 0.0929. The predicted molar refractivity (Wildman–Crippen MR) is 108 cm³/mol. The van der Waals surface area contributed by atoms with Crippen LogP contribution >= 0.6 is 0 Å². The van der Waals surface area contributed by atoms with Crippen LogP contribution in [0.1, 0.15) is 48.0 Å². The maximum atomic E-state index is 13.3. The molecule has 1 fully saturated rings. The first-order valence-electron chi connectivity index (χ1n) is 9.64. The summed E-state index contributed by atoms with van der Waals surface area (Å²) in [5.41, 5.74) is 2.90. The molecule has 4 rings (SSSR count). The molecule has 0 aliphatic heterocycles. The smallest absolute Gasteiger partial charge is 0.265 e. The fourth-order valence-electron chi connectivity index (χ4n) is 4.21. The Hall–Kier alpha value is -2.82. The molecule has 0 bridgehead atoms. The topological polar surface area (TPSA) is 56.0 Å². The van der Waals surface area contributed by atoms with E-state index < -0.39 is 0 Å². The van der Waals surface area contributed by atoms with Crippen LogP contribution < -0.4 is 10.9 Å². The lowest BCUT2D eigenvalue weighted by Gasteiger charge is -2.22. The highest BCUT2D eigenvalue weighted by Gasteiger charge is 2.23. The largest absolute Gasteiger partial charge is 0.349 e. The third kappa shape index (κ3) is 3.18. The van der Waals surface area contributed by atoms with Gasteiger partial charge < -0.3 is 9.88 Å². The Balaban J connectivity index is 1.83. The summed E-state index contributed by atoms with van der Waals surface area (Å²) in [4.78, 5) is 26.3. The molecule has 5 heteroatoms. The number of pyridine rings is 1. The van der Waals surface area contributed by atoms with Crippen LogP contribution in [0.3, 0.4) is 0 Å². The summed E-state index contributed by atoms with van der Waals surface area (Å²) >= 11 is 0. The van der Waals surface area contributed by atoms with E-state index >= 15 is 0 Å². The molecule has 1 aromatic carbocycles. The van der Waals surface area contributed by atoms with Crippen LogP contribution in [-0.4, -0.2) is 21.1 Å². The quantitative estimate of drug-likeness (QED) is 0.771. The van der Waals surface area contributed by atoms with Gasteiger partial charge in [-0.2, -0.15) is 0 Å². The van der Waals surface area contributed by atoms with Gasteiger partial charge in [0.05, 0.1) is 16.5 Å². The second-order valence-electron chi connectivity index (χ2n) is 7.51. The van der Waals surface area contributed by atoms with Gasteiger partial charge in [-0.1, -0.05) is 37.5 Å². The molecular formula is C22H25N3O2. The Morgan fingerprint density at radius 1 is 1.07 bits per heavy atom. The van der Waals surface area contributed by atoms with Crippen molar-refractivity contribution < 1.29 is 4.79 Å². The van der Waals surface area contributed by atoms with Gasteiger partial charge in [-0.15, -0.1) is 0 Å². The Bertz CT molecular complexity index is 1040. The van der Waals surface area contributed by atoms with Gasteiger partial charge in [0.1, 0.15) is 0 Å². The summed E-state index contributed by atoms with van der Waals surface area (Å²) in [7, 11) is 1.89. The van der Waals surface area contributed by atoms with Crippen LogP contribution in [-0.2, 0) is 7.05 Å². The third-order valence-electron chi connectivity index (χ3n) is 5.53. The molecule has 1 N–H and O–H groups in total. The number of hydrogen-bond acceptors (Lipinski definition) is 2. The molecule has 1 aliphatic rings. The van der Waals surface area contributed by atoms with E-state index in [9.17, 15) is 9.59 Å². The number of benzene rings is 1. The molecule has 0 unspecified atom stereocenters. The van der Waals surface area contributed by atoms with Gasteiger partial charge in [-0.25, -0.2) is 0 Å². The van der Waals surface area contributed by atoms with E-state index in [2.05, 4.69) is 5.32 Å². The first-order chi connectivity index (χ1) is 13.1. The molecule has 3 aromatic rings. The van der Waals surface area contributed by atoms with E-state index in [1.54, 1.807) is 10.8 Å². The lowest BCUT2D eigenvalue weighted by Crippen LogP contribution is -2.36. The van der Waals surface area contributed by atoms with E-state index in [4.69, 9.17) is 0 Å². The van der Waals surface area contributed by atoms with Crippen molar-refractivity contribution in [3.05, 3.63) is 64.2 Å². The number of aromatic nitrogens is 2. The number of nitrogens with one attached hydrogen (secondary N) is 1. The second kappa shape index (κ2) is 7.06. The Morgan fingerprint density at radius 3 is 2.48 bits per heavy atom. The number of fused-ring (bicyclic) bond motifs is 1. The summed E-state index contributed by atoms with van der Waals surface area (Å²) < 4.78 is 3.52. The van der Waals surface area contributed by atoms with E-state index in [0.717, 1.165) is 42.5 Å². The van der Waals surface area contributed by atoms with Gasteiger partial charge in [-0.3, -0.25) is 14.2 Å². The van der Waals surface area contributed by atoms with Crippen molar-refractivity contribution in [3.63, 3.8) is 0 Å². The van der Waals surface area contributed by atoms with Crippen molar-refractivity contribution in [3.8, 4) is 5.69 Å². The zero-order valence-corrected chi connectivity index (χ0v) is 15.9. The number of rotatable bonds is 3. The zero-order chi connectivity index (χ0) is 19.0. The molecule has 0 radical (unpaired) electrons. The van der Waals surface area contributed by atoms with Crippen molar-refractivity contribution in [2.24, 2.45) is 7.05 Å². The molecule has 27 heavy (non-hydrogen) atoms. The summed E-state index contributed by atoms with van der Waals surface area (Å²) in [6.45, 7) is 1.98. The maximum Gasteiger partial charge on any atom is 0.265 e. The van der Waals surface area contributed by atoms with Gasteiger partial charge in [0, 0.05) is 31.2 Å². The number of hydrogen-bond donors (Lipinski definition) is 1. The van der Waals surface area contributed by atoms with E-state index in [1.165, 1.54) is 6.42 Å². The number of amides is 1. The number of nitrogens with zero attached hydrogens (tertiary/aromatic N) is 2. The van der Waals surface area contributed by atoms with Crippen LogP contribution in [0.25, 0.3) is 16.6 Å². The fourth-order valence-corrected chi connectivity index (χ4v) is 4.21. The van der Waals surface area contributed by atoms with Crippen LogP contribution in [0.15, 0.2) is 47.5 Å². The van der Waals surface area contributed by atoms with Crippen molar-refractivity contribution in [1.29, 1.82) is 0 Å². The van der Waals surface area contributed by atoms with Gasteiger partial charge in [0.25, 0.3) is 11.5 Å². The maximum absolute atomic E-state index is 13.3. The lowest BCUT2D eigenvalue weighted by atomic mass is 9.95. The number of carbonyl (C=O) groups excluding carboxylic acids is 1. The standard InChI is InChI=1S/C22H25N3O2/c1-15-13-25(17-11-7-4-8-12-17)22(27)19-18(14-24(2)20(15)19)21(26)23-16-9-5-3-6-10-16/h4,7-8,11-14,16H,3,5-6,9-10H2,1-2H3,(H,23,26). The van der Waals surface area contributed by atoms with Crippen LogP contribution in [0.4, 0.5) is 0 Å². The number of para-hydroxylation sites is 1. The normalized spacial score (nSPS) is 15.2. The summed E-state index contributed by atoms with van der Waals surface area (Å²) in [5, 5.41) is 3.64. The molecule has 2 heterocycles. The van der Waals surface area contributed by atoms with Crippen molar-refractivity contribution in [2.45, 2.75) is 45.1 Å². The fraction of sp³-hybridized carbons (Fsp3) is 0.364. The van der Waals surface area contributed by atoms with Crippen LogP contribution in [0.2, 0.25) is 0 Å². The highest BCUT2D eigenvalue weighted by atomic mass is 16.2. The van der Waals surface area contributed by atoms with Gasteiger partial charge in [0.2, 0.25) is 0 Å². The van der Waals surface area contributed by atoms with Crippen LogP contribution in [0, 0.1) is 6.92 Å². The molecule has 1 saturated carbocycles. The molecule has 1 amide bonds. The predicted octanol–water partition coefficient (Wildman–Crippen LogP) is 3.70. The third-order valence-corrected chi connectivity index (χ3v) is 5.53. The first-order valence-corrected chi connectivity index (χ1v) is 9.64. The molecular weight excluding hydrogens is 338 g/mol.